The highest BCUT2D eigenvalue weighted by Crippen LogP contribution is 2.28. The van der Waals surface area contributed by atoms with E-state index in [-0.39, 0.29) is 17.4 Å². The second-order valence-electron chi connectivity index (χ2n) is 4.95. The van der Waals surface area contributed by atoms with Crippen LogP contribution in [0.3, 0.4) is 0 Å². The summed E-state index contributed by atoms with van der Waals surface area (Å²) < 4.78 is 10.1. The molecule has 0 saturated carbocycles. The number of nitrogens with zero attached hydrogens (tertiary/aromatic N) is 1. The molecule has 0 spiro atoms. The predicted molar refractivity (Wildman–Crippen MR) is 76.6 cm³/mol. The average Bonchev–Trinajstić information content (AvgIpc) is 2.96. The SMILES string of the molecule is COC(=O)c1cc(NCC2CCCO2)cc(C)c1[N+](=O)[O-]. The fourth-order valence-corrected chi connectivity index (χ4v) is 2.43. The van der Waals surface area contributed by atoms with Gasteiger partial charge in [-0.05, 0) is 31.9 Å². The van der Waals surface area contributed by atoms with Crippen LogP contribution < -0.4 is 5.32 Å². The first-order valence-electron chi connectivity index (χ1n) is 6.75. The molecule has 1 saturated heterocycles. The molecule has 0 radical (unpaired) electrons. The second kappa shape index (κ2) is 6.53. The summed E-state index contributed by atoms with van der Waals surface area (Å²) in [4.78, 5) is 22.3. The number of hydrogen-bond donors (Lipinski definition) is 1. The summed E-state index contributed by atoms with van der Waals surface area (Å²) in [5.74, 6) is -0.717. The molecule has 1 aliphatic rings. The number of nitro benzene ring substituents is 1. The van der Waals surface area contributed by atoms with Crippen LogP contribution in [0.4, 0.5) is 11.4 Å². The van der Waals surface area contributed by atoms with Gasteiger partial charge in [0.2, 0.25) is 0 Å². The van der Waals surface area contributed by atoms with Gasteiger partial charge in [0.05, 0.1) is 18.1 Å². The van der Waals surface area contributed by atoms with Crippen molar-refractivity contribution in [2.24, 2.45) is 0 Å². The van der Waals surface area contributed by atoms with Gasteiger partial charge in [-0.3, -0.25) is 10.1 Å². The minimum absolute atomic E-state index is 0.0441. The van der Waals surface area contributed by atoms with Crippen LogP contribution >= 0.6 is 0 Å². The van der Waals surface area contributed by atoms with Gasteiger partial charge in [0.1, 0.15) is 5.56 Å². The monoisotopic (exact) mass is 294 g/mol. The number of aryl methyl sites for hydroxylation is 1. The van der Waals surface area contributed by atoms with Gasteiger partial charge < -0.3 is 14.8 Å². The molecule has 21 heavy (non-hydrogen) atoms. The molecule has 7 nitrogen and oxygen atoms in total. The van der Waals surface area contributed by atoms with Gasteiger partial charge in [-0.2, -0.15) is 0 Å². The minimum Gasteiger partial charge on any atom is -0.465 e. The highest BCUT2D eigenvalue weighted by Gasteiger charge is 2.25. The Labute approximate surface area is 122 Å². The number of rotatable bonds is 5. The number of hydrogen-bond acceptors (Lipinski definition) is 6. The Kier molecular flexibility index (Phi) is 4.74. The van der Waals surface area contributed by atoms with Crippen LogP contribution in [-0.2, 0) is 9.47 Å². The third-order valence-corrected chi connectivity index (χ3v) is 3.45. The molecule has 1 N–H and O–H groups in total. The lowest BCUT2D eigenvalue weighted by Gasteiger charge is -2.13. The number of nitro groups is 1. The first-order valence-corrected chi connectivity index (χ1v) is 6.75. The van der Waals surface area contributed by atoms with Crippen molar-refractivity contribution < 1.29 is 19.2 Å². The smallest absolute Gasteiger partial charge is 0.344 e. The summed E-state index contributed by atoms with van der Waals surface area (Å²) in [5.41, 5.74) is 0.800. The van der Waals surface area contributed by atoms with Crippen molar-refractivity contribution >= 4 is 17.3 Å². The molecule has 7 heteroatoms. The van der Waals surface area contributed by atoms with E-state index in [4.69, 9.17) is 4.74 Å². The summed E-state index contributed by atoms with van der Waals surface area (Å²) in [5, 5.41) is 14.3. The maximum Gasteiger partial charge on any atom is 0.344 e. The number of anilines is 1. The number of esters is 1. The van der Waals surface area contributed by atoms with Crippen molar-refractivity contribution in [3.05, 3.63) is 33.4 Å². The number of benzene rings is 1. The number of carbonyl (C=O) groups is 1. The van der Waals surface area contributed by atoms with E-state index in [0.29, 0.717) is 17.8 Å². The molecule has 0 aromatic heterocycles. The Bertz CT molecular complexity index is 553. The van der Waals surface area contributed by atoms with Crippen molar-refractivity contribution in [1.29, 1.82) is 0 Å². The van der Waals surface area contributed by atoms with Gasteiger partial charge in [-0.25, -0.2) is 4.79 Å². The summed E-state index contributed by atoms with van der Waals surface area (Å²) in [7, 11) is 1.20. The van der Waals surface area contributed by atoms with Gasteiger partial charge in [-0.15, -0.1) is 0 Å². The van der Waals surface area contributed by atoms with Crippen LogP contribution in [0.2, 0.25) is 0 Å². The molecular formula is C14H18N2O5. The zero-order valence-electron chi connectivity index (χ0n) is 12.0. The second-order valence-corrected chi connectivity index (χ2v) is 4.95. The fourth-order valence-electron chi connectivity index (χ4n) is 2.43. The normalized spacial score (nSPS) is 17.5. The lowest BCUT2D eigenvalue weighted by atomic mass is 10.1. The van der Waals surface area contributed by atoms with E-state index in [1.54, 1.807) is 13.0 Å². The number of ether oxygens (including phenoxy) is 2. The molecule has 114 valence electrons. The number of carbonyl (C=O) groups excluding carboxylic acids is 1. The Morgan fingerprint density at radius 1 is 1.57 bits per heavy atom. The average molecular weight is 294 g/mol. The molecule has 0 bridgehead atoms. The summed E-state index contributed by atoms with van der Waals surface area (Å²) in [6, 6.07) is 3.10. The van der Waals surface area contributed by atoms with Crippen molar-refractivity contribution in [2.45, 2.75) is 25.9 Å². The summed E-state index contributed by atoms with van der Waals surface area (Å²) in [6.45, 7) is 2.97. The first kappa shape index (κ1) is 15.2. The molecule has 2 rings (SSSR count). The van der Waals surface area contributed by atoms with Gasteiger partial charge >= 0.3 is 5.97 Å². The van der Waals surface area contributed by atoms with Crippen molar-refractivity contribution in [3.8, 4) is 0 Å². The molecule has 0 amide bonds. The maximum atomic E-state index is 11.7. The Morgan fingerprint density at radius 3 is 2.90 bits per heavy atom. The van der Waals surface area contributed by atoms with E-state index in [2.05, 4.69) is 10.1 Å². The quantitative estimate of drug-likeness (QED) is 0.509. The zero-order chi connectivity index (χ0) is 15.4. The lowest BCUT2D eigenvalue weighted by Crippen LogP contribution is -2.19. The molecule has 1 aromatic carbocycles. The topological polar surface area (TPSA) is 90.7 Å². The van der Waals surface area contributed by atoms with Gasteiger partial charge in [0, 0.05) is 24.4 Å². The minimum atomic E-state index is -0.717. The molecular weight excluding hydrogens is 276 g/mol. The van der Waals surface area contributed by atoms with Gasteiger partial charge in [0.25, 0.3) is 5.69 Å². The Morgan fingerprint density at radius 2 is 2.33 bits per heavy atom. The molecule has 1 aliphatic heterocycles. The third-order valence-electron chi connectivity index (χ3n) is 3.45. The van der Waals surface area contributed by atoms with E-state index in [1.807, 2.05) is 0 Å². The molecule has 1 aromatic rings. The summed E-state index contributed by atoms with van der Waals surface area (Å²) in [6.07, 6.45) is 2.17. The third kappa shape index (κ3) is 3.49. The Balaban J connectivity index is 2.24. The largest absolute Gasteiger partial charge is 0.465 e. The van der Waals surface area contributed by atoms with E-state index in [1.165, 1.54) is 13.2 Å². The van der Waals surface area contributed by atoms with Crippen molar-refractivity contribution in [1.82, 2.24) is 0 Å². The van der Waals surface area contributed by atoms with Crippen LogP contribution in [0.1, 0.15) is 28.8 Å². The highest BCUT2D eigenvalue weighted by molar-refractivity contribution is 5.95. The van der Waals surface area contributed by atoms with E-state index >= 15 is 0 Å². The molecule has 1 fully saturated rings. The van der Waals surface area contributed by atoms with Crippen molar-refractivity contribution in [3.63, 3.8) is 0 Å². The van der Waals surface area contributed by atoms with Crippen molar-refractivity contribution in [2.75, 3.05) is 25.6 Å². The molecule has 1 heterocycles. The number of nitrogens with one attached hydrogen (secondary N) is 1. The molecule has 1 unspecified atom stereocenters. The fraction of sp³-hybridized carbons (Fsp3) is 0.500. The van der Waals surface area contributed by atoms with Crippen LogP contribution in [-0.4, -0.2) is 37.3 Å². The predicted octanol–water partition coefficient (Wildman–Crippen LogP) is 2.28. The molecule has 1 atom stereocenters. The molecule has 0 aliphatic carbocycles. The van der Waals surface area contributed by atoms with Gasteiger partial charge in [-0.1, -0.05) is 0 Å². The van der Waals surface area contributed by atoms with Crippen LogP contribution in [0.25, 0.3) is 0 Å². The van der Waals surface area contributed by atoms with E-state index in [0.717, 1.165) is 19.4 Å². The van der Waals surface area contributed by atoms with E-state index < -0.39 is 10.9 Å². The van der Waals surface area contributed by atoms with Crippen LogP contribution in [0.5, 0.6) is 0 Å². The van der Waals surface area contributed by atoms with E-state index in [9.17, 15) is 14.9 Å². The van der Waals surface area contributed by atoms with Crippen LogP contribution in [0, 0.1) is 17.0 Å². The van der Waals surface area contributed by atoms with Gasteiger partial charge in [0.15, 0.2) is 0 Å². The first-order chi connectivity index (χ1) is 10.0. The lowest BCUT2D eigenvalue weighted by molar-refractivity contribution is -0.385. The zero-order valence-corrected chi connectivity index (χ0v) is 12.0. The van der Waals surface area contributed by atoms with Crippen LogP contribution in [0.15, 0.2) is 12.1 Å². The summed E-state index contributed by atoms with van der Waals surface area (Å²) >= 11 is 0. The Hall–Kier alpha value is -2.15. The highest BCUT2D eigenvalue weighted by atomic mass is 16.6. The standard InChI is InChI=1S/C14H18N2O5/c1-9-6-10(15-8-11-4-3-5-21-11)7-12(14(17)20-2)13(9)16(18)19/h6-7,11,15H,3-5,8H2,1-2H3. The maximum absolute atomic E-state index is 11.7. The number of methoxy groups -OCH3 is 1.